The third-order valence-electron chi connectivity index (χ3n) is 5.15. The average Bonchev–Trinajstić information content (AvgIpc) is 2.67. The Hall–Kier alpha value is -2.82. The van der Waals surface area contributed by atoms with E-state index in [1.807, 2.05) is 36.9 Å². The Kier molecular flexibility index (Phi) is 6.34. The highest BCUT2D eigenvalue weighted by Crippen LogP contribution is 2.20. The molecular weight excluding hydrogens is 352 g/mol. The molecule has 28 heavy (non-hydrogen) atoms. The van der Waals surface area contributed by atoms with Gasteiger partial charge in [0.15, 0.2) is 6.61 Å². The van der Waals surface area contributed by atoms with Gasteiger partial charge in [-0.1, -0.05) is 30.7 Å². The molecule has 0 radical (unpaired) electrons. The van der Waals surface area contributed by atoms with E-state index in [9.17, 15) is 9.59 Å². The molecule has 1 aliphatic heterocycles. The van der Waals surface area contributed by atoms with Crippen LogP contribution >= 0.6 is 0 Å². The minimum absolute atomic E-state index is 0.0227. The number of hydrogen-bond acceptors (Lipinski definition) is 3. The Morgan fingerprint density at radius 3 is 2.57 bits per heavy atom. The van der Waals surface area contributed by atoms with Crippen molar-refractivity contribution in [3.63, 3.8) is 0 Å². The molecule has 0 aliphatic carbocycles. The lowest BCUT2D eigenvalue weighted by molar-refractivity contribution is -0.118. The van der Waals surface area contributed by atoms with Crippen LogP contribution in [0.1, 0.15) is 41.3 Å². The molecule has 2 aromatic rings. The van der Waals surface area contributed by atoms with Gasteiger partial charge in [0.2, 0.25) is 0 Å². The van der Waals surface area contributed by atoms with Crippen LogP contribution in [0.3, 0.4) is 0 Å². The van der Waals surface area contributed by atoms with Crippen LogP contribution in [-0.2, 0) is 4.79 Å². The summed E-state index contributed by atoms with van der Waals surface area (Å²) >= 11 is 0. The van der Waals surface area contributed by atoms with Crippen molar-refractivity contribution < 1.29 is 14.3 Å². The fourth-order valence-corrected chi connectivity index (χ4v) is 3.43. The zero-order chi connectivity index (χ0) is 20.1. The first kappa shape index (κ1) is 19.9. The van der Waals surface area contributed by atoms with Crippen molar-refractivity contribution in [1.82, 2.24) is 4.90 Å². The third kappa shape index (κ3) is 5.12. The molecule has 0 aromatic heterocycles. The van der Waals surface area contributed by atoms with Crippen molar-refractivity contribution in [3.8, 4) is 5.75 Å². The largest absolute Gasteiger partial charge is 0.483 e. The van der Waals surface area contributed by atoms with Gasteiger partial charge in [0.25, 0.3) is 11.8 Å². The molecule has 0 spiro atoms. The minimum Gasteiger partial charge on any atom is -0.483 e. The van der Waals surface area contributed by atoms with Crippen LogP contribution in [0.4, 0.5) is 5.69 Å². The topological polar surface area (TPSA) is 58.6 Å². The average molecular weight is 380 g/mol. The van der Waals surface area contributed by atoms with Gasteiger partial charge in [0.1, 0.15) is 5.75 Å². The van der Waals surface area contributed by atoms with Crippen LogP contribution < -0.4 is 10.1 Å². The molecule has 5 nitrogen and oxygen atoms in total. The van der Waals surface area contributed by atoms with Gasteiger partial charge in [-0.3, -0.25) is 9.59 Å². The molecule has 0 saturated carbocycles. The van der Waals surface area contributed by atoms with Crippen LogP contribution in [0, 0.1) is 19.8 Å². The summed E-state index contributed by atoms with van der Waals surface area (Å²) in [5, 5.41) is 2.81. The predicted octanol–water partition coefficient (Wildman–Crippen LogP) is 4.19. The second-order valence-electron chi connectivity index (χ2n) is 7.66. The molecule has 1 heterocycles. The smallest absolute Gasteiger partial charge is 0.262 e. The molecule has 1 fully saturated rings. The van der Waals surface area contributed by atoms with E-state index in [-0.39, 0.29) is 18.4 Å². The van der Waals surface area contributed by atoms with Crippen LogP contribution in [0.5, 0.6) is 5.75 Å². The first-order valence-electron chi connectivity index (χ1n) is 9.81. The lowest BCUT2D eigenvalue weighted by Crippen LogP contribution is -2.37. The maximum atomic E-state index is 12.7. The predicted molar refractivity (Wildman–Crippen MR) is 111 cm³/mol. The Bertz CT molecular complexity index is 855. The van der Waals surface area contributed by atoms with Gasteiger partial charge in [-0.05, 0) is 62.4 Å². The summed E-state index contributed by atoms with van der Waals surface area (Å²) in [5.74, 6) is 1.14. The van der Waals surface area contributed by atoms with Gasteiger partial charge in [-0.25, -0.2) is 0 Å². The van der Waals surface area contributed by atoms with E-state index in [0.717, 1.165) is 37.1 Å². The number of nitrogens with zero attached hydrogens (tertiary/aromatic N) is 1. The van der Waals surface area contributed by atoms with Crippen molar-refractivity contribution in [2.75, 3.05) is 25.0 Å². The first-order valence-corrected chi connectivity index (χ1v) is 9.81. The van der Waals surface area contributed by atoms with Gasteiger partial charge in [-0.15, -0.1) is 0 Å². The van der Waals surface area contributed by atoms with E-state index >= 15 is 0 Å². The zero-order valence-electron chi connectivity index (χ0n) is 16.8. The molecule has 5 heteroatoms. The Labute approximate surface area is 166 Å². The molecule has 1 aliphatic rings. The molecule has 148 valence electrons. The van der Waals surface area contributed by atoms with Crippen LogP contribution in [0.25, 0.3) is 0 Å². The Balaban J connectivity index is 1.57. The minimum atomic E-state index is -0.253. The van der Waals surface area contributed by atoms with Crippen molar-refractivity contribution in [1.29, 1.82) is 0 Å². The number of nitrogens with one attached hydrogen (secondary N) is 1. The van der Waals surface area contributed by atoms with Crippen LogP contribution in [-0.4, -0.2) is 36.4 Å². The summed E-state index contributed by atoms with van der Waals surface area (Å²) in [6, 6.07) is 12.9. The highest BCUT2D eigenvalue weighted by atomic mass is 16.5. The second kappa shape index (κ2) is 8.91. The van der Waals surface area contributed by atoms with E-state index in [0.29, 0.717) is 22.9 Å². The number of ether oxygens (including phenoxy) is 1. The maximum Gasteiger partial charge on any atom is 0.262 e. The number of likely N-dealkylation sites (tertiary alicyclic amines) is 1. The molecule has 1 saturated heterocycles. The van der Waals surface area contributed by atoms with Gasteiger partial charge >= 0.3 is 0 Å². The Morgan fingerprint density at radius 2 is 1.86 bits per heavy atom. The van der Waals surface area contributed by atoms with E-state index in [1.54, 1.807) is 24.3 Å². The third-order valence-corrected chi connectivity index (χ3v) is 5.15. The summed E-state index contributed by atoms with van der Waals surface area (Å²) in [7, 11) is 0. The summed E-state index contributed by atoms with van der Waals surface area (Å²) in [5.41, 5.74) is 3.35. The van der Waals surface area contributed by atoms with Gasteiger partial charge in [0, 0.05) is 24.3 Å². The highest BCUT2D eigenvalue weighted by Gasteiger charge is 2.21. The van der Waals surface area contributed by atoms with Crippen LogP contribution in [0.2, 0.25) is 0 Å². The lowest BCUT2D eigenvalue weighted by atomic mass is 9.98. The molecule has 1 N–H and O–H groups in total. The number of amides is 2. The standard InChI is InChI=1S/C23H28N2O3/c1-16-9-11-25(12-10-16)23(27)19-5-4-6-20(14-19)24-22(26)15-28-21-8-7-17(2)13-18(21)3/h4-8,13-14,16H,9-12,15H2,1-3H3,(H,24,26). The van der Waals surface area contributed by atoms with Crippen molar-refractivity contribution in [2.24, 2.45) is 5.92 Å². The van der Waals surface area contributed by atoms with Crippen molar-refractivity contribution in [3.05, 3.63) is 59.2 Å². The molecule has 0 bridgehead atoms. The molecule has 2 aromatic carbocycles. The molecular formula is C23H28N2O3. The fraction of sp³-hybridized carbons (Fsp3) is 0.391. The van der Waals surface area contributed by atoms with Crippen molar-refractivity contribution in [2.45, 2.75) is 33.6 Å². The first-order chi connectivity index (χ1) is 13.4. The highest BCUT2D eigenvalue weighted by molar-refractivity contribution is 5.97. The summed E-state index contributed by atoms with van der Waals surface area (Å²) in [6.45, 7) is 7.70. The normalized spacial score (nSPS) is 14.6. The summed E-state index contributed by atoms with van der Waals surface area (Å²) in [4.78, 5) is 26.9. The molecule has 0 unspecified atom stereocenters. The fourth-order valence-electron chi connectivity index (χ4n) is 3.43. The summed E-state index contributed by atoms with van der Waals surface area (Å²) in [6.07, 6.45) is 2.08. The Morgan fingerprint density at radius 1 is 1.11 bits per heavy atom. The number of benzene rings is 2. The van der Waals surface area contributed by atoms with E-state index in [1.165, 1.54) is 0 Å². The number of carbonyl (C=O) groups excluding carboxylic acids is 2. The monoisotopic (exact) mass is 380 g/mol. The molecule has 2 amide bonds. The molecule has 3 rings (SSSR count). The second-order valence-corrected chi connectivity index (χ2v) is 7.66. The number of hydrogen-bond donors (Lipinski definition) is 1. The lowest BCUT2D eigenvalue weighted by Gasteiger charge is -2.30. The van der Waals surface area contributed by atoms with E-state index < -0.39 is 0 Å². The quantitative estimate of drug-likeness (QED) is 0.846. The zero-order valence-corrected chi connectivity index (χ0v) is 16.8. The SMILES string of the molecule is Cc1ccc(OCC(=O)Nc2cccc(C(=O)N3CCC(C)CC3)c2)c(C)c1. The number of aryl methyl sites for hydroxylation is 2. The molecule has 0 atom stereocenters. The van der Waals surface area contributed by atoms with E-state index in [2.05, 4.69) is 12.2 Å². The van der Waals surface area contributed by atoms with Gasteiger partial charge in [-0.2, -0.15) is 0 Å². The number of anilines is 1. The summed E-state index contributed by atoms with van der Waals surface area (Å²) < 4.78 is 5.62. The van der Waals surface area contributed by atoms with Crippen molar-refractivity contribution >= 4 is 17.5 Å². The number of carbonyl (C=O) groups is 2. The van der Waals surface area contributed by atoms with Crippen LogP contribution in [0.15, 0.2) is 42.5 Å². The van der Waals surface area contributed by atoms with Gasteiger partial charge < -0.3 is 15.0 Å². The van der Waals surface area contributed by atoms with E-state index in [4.69, 9.17) is 4.74 Å². The van der Waals surface area contributed by atoms with Gasteiger partial charge in [0.05, 0.1) is 0 Å². The maximum absolute atomic E-state index is 12.7. The number of rotatable bonds is 5. The number of piperidine rings is 1.